The Morgan fingerprint density at radius 2 is 2.11 bits per heavy atom. The Hall–Kier alpha value is -1.89. The van der Waals surface area contributed by atoms with Gasteiger partial charge in [0.1, 0.15) is 4.88 Å². The van der Waals surface area contributed by atoms with Crippen molar-refractivity contribution in [1.29, 1.82) is 0 Å². The number of thiophene rings is 1. The van der Waals surface area contributed by atoms with E-state index in [9.17, 15) is 14.4 Å². The molecule has 6 nitrogen and oxygen atoms in total. The fraction of sp³-hybridized carbons (Fsp3) is 0.364. The molecule has 1 aromatic rings. The molecule has 0 saturated heterocycles. The van der Waals surface area contributed by atoms with E-state index < -0.39 is 24.5 Å². The van der Waals surface area contributed by atoms with Gasteiger partial charge in [0.25, 0.3) is 5.91 Å². The molecule has 0 atom stereocenters. The maximum Gasteiger partial charge on any atom is 0.348 e. The van der Waals surface area contributed by atoms with Crippen molar-refractivity contribution in [1.82, 2.24) is 5.32 Å². The lowest BCUT2D eigenvalue weighted by Gasteiger charge is -2.02. The molecule has 0 saturated carbocycles. The Bertz CT molecular complexity index is 481. The van der Waals surface area contributed by atoms with Crippen LogP contribution in [0.1, 0.15) is 27.0 Å². The van der Waals surface area contributed by atoms with Gasteiger partial charge >= 0.3 is 12.0 Å². The second kappa shape index (κ2) is 6.15. The highest BCUT2D eigenvalue weighted by Gasteiger charge is 2.14. The van der Waals surface area contributed by atoms with Crippen LogP contribution in [-0.4, -0.2) is 24.5 Å². The maximum atomic E-state index is 11.6. The van der Waals surface area contributed by atoms with Crippen molar-refractivity contribution in [2.45, 2.75) is 20.3 Å². The quantitative estimate of drug-likeness (QED) is 0.796. The second-order valence-electron chi connectivity index (χ2n) is 3.56. The fourth-order valence-electron chi connectivity index (χ4n) is 1.35. The molecule has 0 fully saturated rings. The third-order valence-corrected chi connectivity index (χ3v) is 3.50. The average molecular weight is 270 g/mol. The molecular formula is C11H14N2O4S. The number of imide groups is 1. The molecule has 1 heterocycles. The number of esters is 1. The largest absolute Gasteiger partial charge is 0.451 e. The van der Waals surface area contributed by atoms with Crippen LogP contribution in [0, 0.1) is 6.92 Å². The van der Waals surface area contributed by atoms with E-state index in [1.165, 1.54) is 11.3 Å². The van der Waals surface area contributed by atoms with Crippen LogP contribution in [0.15, 0.2) is 6.07 Å². The van der Waals surface area contributed by atoms with Crippen molar-refractivity contribution >= 4 is 29.2 Å². The van der Waals surface area contributed by atoms with Crippen LogP contribution in [0.3, 0.4) is 0 Å². The van der Waals surface area contributed by atoms with Crippen LogP contribution in [-0.2, 0) is 16.0 Å². The summed E-state index contributed by atoms with van der Waals surface area (Å²) in [4.78, 5) is 34.5. The average Bonchev–Trinajstić information content (AvgIpc) is 2.66. The fourth-order valence-corrected chi connectivity index (χ4v) is 2.35. The number of hydrogen-bond donors (Lipinski definition) is 2. The normalized spacial score (nSPS) is 9.89. The molecule has 0 aliphatic carbocycles. The van der Waals surface area contributed by atoms with Crippen LogP contribution in [0.4, 0.5) is 4.79 Å². The summed E-state index contributed by atoms with van der Waals surface area (Å²) in [5, 5.41) is 1.80. The molecule has 0 aromatic carbocycles. The van der Waals surface area contributed by atoms with E-state index in [0.29, 0.717) is 4.88 Å². The van der Waals surface area contributed by atoms with E-state index in [4.69, 9.17) is 10.5 Å². The van der Waals surface area contributed by atoms with Gasteiger partial charge in [0.15, 0.2) is 6.61 Å². The molecule has 18 heavy (non-hydrogen) atoms. The maximum absolute atomic E-state index is 11.6. The lowest BCUT2D eigenvalue weighted by Crippen LogP contribution is -2.37. The van der Waals surface area contributed by atoms with Gasteiger partial charge in [0.2, 0.25) is 0 Å². The van der Waals surface area contributed by atoms with Crippen molar-refractivity contribution in [3.8, 4) is 0 Å². The molecule has 3 N–H and O–H groups in total. The van der Waals surface area contributed by atoms with E-state index in [2.05, 4.69) is 0 Å². The van der Waals surface area contributed by atoms with Gasteiger partial charge in [-0.1, -0.05) is 6.92 Å². The Kier molecular flexibility index (Phi) is 4.85. The molecule has 0 bridgehead atoms. The third-order valence-electron chi connectivity index (χ3n) is 2.14. The highest BCUT2D eigenvalue weighted by atomic mass is 32.1. The molecule has 1 rings (SSSR count). The second-order valence-corrected chi connectivity index (χ2v) is 4.70. The Balaban J connectivity index is 2.55. The van der Waals surface area contributed by atoms with Crippen molar-refractivity contribution in [2.75, 3.05) is 6.61 Å². The summed E-state index contributed by atoms with van der Waals surface area (Å²) in [6, 6.07) is 0.744. The number of hydrogen-bond acceptors (Lipinski definition) is 5. The number of amides is 3. The number of urea groups is 1. The van der Waals surface area contributed by atoms with Gasteiger partial charge in [-0.25, -0.2) is 9.59 Å². The topological polar surface area (TPSA) is 98.5 Å². The van der Waals surface area contributed by atoms with E-state index in [1.807, 2.05) is 13.8 Å². The highest BCUT2D eigenvalue weighted by molar-refractivity contribution is 7.14. The molecule has 0 aliphatic rings. The molecule has 0 spiro atoms. The van der Waals surface area contributed by atoms with Gasteiger partial charge in [-0.3, -0.25) is 10.1 Å². The molecule has 98 valence electrons. The Labute approximate surface area is 108 Å². The standard InChI is InChI=1S/C11H14N2O4S/c1-3-7-6(2)4-8(18-7)10(15)17-5-9(14)13-11(12)16/h4H,3,5H2,1-2H3,(H3,12,13,14,16). The first kappa shape index (κ1) is 14.2. The highest BCUT2D eigenvalue weighted by Crippen LogP contribution is 2.22. The summed E-state index contributed by atoms with van der Waals surface area (Å²) < 4.78 is 4.76. The summed E-state index contributed by atoms with van der Waals surface area (Å²) >= 11 is 1.34. The lowest BCUT2D eigenvalue weighted by atomic mass is 10.2. The molecule has 1 aromatic heterocycles. The van der Waals surface area contributed by atoms with Gasteiger partial charge < -0.3 is 10.5 Å². The molecule has 0 aliphatic heterocycles. The SMILES string of the molecule is CCc1sc(C(=O)OCC(=O)NC(N)=O)cc1C. The lowest BCUT2D eigenvalue weighted by molar-refractivity contribution is -0.123. The number of nitrogens with two attached hydrogens (primary N) is 1. The van der Waals surface area contributed by atoms with E-state index >= 15 is 0 Å². The van der Waals surface area contributed by atoms with Crippen LogP contribution in [0.25, 0.3) is 0 Å². The number of carbonyl (C=O) groups excluding carboxylic acids is 3. The first-order chi connectivity index (χ1) is 8.43. The first-order valence-electron chi connectivity index (χ1n) is 5.29. The molecular weight excluding hydrogens is 256 g/mol. The van der Waals surface area contributed by atoms with Crippen molar-refractivity contribution in [2.24, 2.45) is 5.73 Å². The zero-order chi connectivity index (χ0) is 13.7. The van der Waals surface area contributed by atoms with Crippen molar-refractivity contribution in [3.63, 3.8) is 0 Å². The van der Waals surface area contributed by atoms with Crippen LogP contribution < -0.4 is 11.1 Å². The zero-order valence-corrected chi connectivity index (χ0v) is 10.9. The predicted octanol–water partition coefficient (Wildman–Crippen LogP) is 0.971. The number of ether oxygens (including phenoxy) is 1. The number of carbonyl (C=O) groups is 3. The first-order valence-corrected chi connectivity index (χ1v) is 6.11. The molecule has 3 amide bonds. The summed E-state index contributed by atoms with van der Waals surface area (Å²) in [6.07, 6.45) is 0.839. The summed E-state index contributed by atoms with van der Waals surface area (Å²) in [7, 11) is 0. The van der Waals surface area contributed by atoms with Gasteiger partial charge in [-0.15, -0.1) is 11.3 Å². The van der Waals surface area contributed by atoms with Gasteiger partial charge in [-0.2, -0.15) is 0 Å². The minimum absolute atomic E-state index is 0.441. The van der Waals surface area contributed by atoms with E-state index in [1.54, 1.807) is 11.4 Å². The van der Waals surface area contributed by atoms with Crippen LogP contribution in [0.2, 0.25) is 0 Å². The van der Waals surface area contributed by atoms with E-state index in [-0.39, 0.29) is 0 Å². The van der Waals surface area contributed by atoms with E-state index in [0.717, 1.165) is 16.9 Å². The predicted molar refractivity (Wildman–Crippen MR) is 66.4 cm³/mol. The summed E-state index contributed by atoms with van der Waals surface area (Å²) in [5.41, 5.74) is 5.77. The number of nitrogens with one attached hydrogen (secondary N) is 1. The Morgan fingerprint density at radius 1 is 1.44 bits per heavy atom. The van der Waals surface area contributed by atoms with Gasteiger partial charge in [0, 0.05) is 4.88 Å². The van der Waals surface area contributed by atoms with Crippen LogP contribution in [0.5, 0.6) is 0 Å². The minimum Gasteiger partial charge on any atom is -0.451 e. The summed E-state index contributed by atoms with van der Waals surface area (Å²) in [5.74, 6) is -1.33. The zero-order valence-electron chi connectivity index (χ0n) is 10.1. The minimum atomic E-state index is -0.976. The molecule has 0 radical (unpaired) electrons. The number of aryl methyl sites for hydroxylation is 2. The molecule has 0 unspecified atom stereocenters. The third kappa shape index (κ3) is 3.85. The van der Waals surface area contributed by atoms with Gasteiger partial charge in [-0.05, 0) is 25.0 Å². The van der Waals surface area contributed by atoms with Crippen molar-refractivity contribution < 1.29 is 19.1 Å². The Morgan fingerprint density at radius 3 is 2.61 bits per heavy atom. The smallest absolute Gasteiger partial charge is 0.348 e. The summed E-state index contributed by atoms with van der Waals surface area (Å²) in [6.45, 7) is 3.38. The molecule has 7 heteroatoms. The van der Waals surface area contributed by atoms with Gasteiger partial charge in [0.05, 0.1) is 0 Å². The number of primary amides is 1. The van der Waals surface area contributed by atoms with Crippen LogP contribution >= 0.6 is 11.3 Å². The van der Waals surface area contributed by atoms with Crippen molar-refractivity contribution in [3.05, 3.63) is 21.4 Å². The monoisotopic (exact) mass is 270 g/mol. The number of rotatable bonds is 4.